The van der Waals surface area contributed by atoms with Crippen LogP contribution in [0, 0.1) is 13.8 Å². The van der Waals surface area contributed by atoms with Gasteiger partial charge in [0.15, 0.2) is 6.10 Å². The Morgan fingerprint density at radius 3 is 1.96 bits per heavy atom. The molecule has 128 valence electrons. The first-order chi connectivity index (χ1) is 11.4. The zero-order valence-electron chi connectivity index (χ0n) is 14.7. The van der Waals surface area contributed by atoms with Gasteiger partial charge in [0.2, 0.25) is 0 Å². The Kier molecular flexibility index (Phi) is 6.24. The van der Waals surface area contributed by atoms with Crippen molar-refractivity contribution in [3.8, 4) is 11.5 Å². The number of carbonyl (C=O) groups is 1. The maximum atomic E-state index is 12.2. The lowest BCUT2D eigenvalue weighted by Crippen LogP contribution is -2.43. The Morgan fingerprint density at radius 2 is 1.42 bits per heavy atom. The van der Waals surface area contributed by atoms with Gasteiger partial charge in [-0.05, 0) is 52.0 Å². The van der Waals surface area contributed by atoms with Crippen LogP contribution in [0.3, 0.4) is 0 Å². The van der Waals surface area contributed by atoms with E-state index in [2.05, 4.69) is 5.32 Å². The molecular weight excluding hydrogens is 302 g/mol. The number of hydrogen-bond donors (Lipinski definition) is 1. The quantitative estimate of drug-likeness (QED) is 0.844. The molecule has 0 bridgehead atoms. The summed E-state index contributed by atoms with van der Waals surface area (Å²) in [6.07, 6.45) is -0.561. The van der Waals surface area contributed by atoms with E-state index in [0.717, 1.165) is 11.3 Å². The molecule has 2 rings (SSSR count). The summed E-state index contributed by atoms with van der Waals surface area (Å²) in [6, 6.07) is 15.4. The van der Waals surface area contributed by atoms with E-state index in [1.807, 2.05) is 69.3 Å². The van der Waals surface area contributed by atoms with Gasteiger partial charge in [-0.2, -0.15) is 0 Å². The lowest BCUT2D eigenvalue weighted by Gasteiger charge is -2.19. The van der Waals surface area contributed by atoms with Crippen LogP contribution in [0.5, 0.6) is 11.5 Å². The van der Waals surface area contributed by atoms with Crippen molar-refractivity contribution in [2.75, 3.05) is 6.61 Å². The topological polar surface area (TPSA) is 47.6 Å². The normalized spacial score (nSPS) is 13.0. The summed E-state index contributed by atoms with van der Waals surface area (Å²) in [4.78, 5) is 12.2. The second-order valence-electron chi connectivity index (χ2n) is 6.11. The third-order valence-electron chi connectivity index (χ3n) is 3.61. The fourth-order valence-corrected chi connectivity index (χ4v) is 2.13. The molecule has 4 nitrogen and oxygen atoms in total. The molecule has 4 heteroatoms. The smallest absolute Gasteiger partial charge is 0.261 e. The molecule has 1 N–H and O–H groups in total. The number of aryl methyl sites for hydroxylation is 2. The van der Waals surface area contributed by atoms with Gasteiger partial charge in [-0.25, -0.2) is 0 Å². The maximum absolute atomic E-state index is 12.2. The van der Waals surface area contributed by atoms with Crippen molar-refractivity contribution in [2.45, 2.75) is 39.8 Å². The third-order valence-corrected chi connectivity index (χ3v) is 3.61. The second-order valence-corrected chi connectivity index (χ2v) is 6.11. The summed E-state index contributed by atoms with van der Waals surface area (Å²) in [7, 11) is 0. The zero-order valence-corrected chi connectivity index (χ0v) is 14.7. The standard InChI is InChI=1S/C20H25NO3/c1-14-5-9-18(10-6-14)23-13-16(3)21-20(22)17(4)24-19-11-7-15(2)8-12-19/h5-12,16-17H,13H2,1-4H3,(H,21,22)/t16-,17-/m0/s1. The fourth-order valence-electron chi connectivity index (χ4n) is 2.13. The predicted octanol–water partition coefficient (Wildman–Crippen LogP) is 3.65. The van der Waals surface area contributed by atoms with Crippen LogP contribution in [0.15, 0.2) is 48.5 Å². The van der Waals surface area contributed by atoms with E-state index in [9.17, 15) is 4.79 Å². The van der Waals surface area contributed by atoms with Gasteiger partial charge in [0.1, 0.15) is 18.1 Å². The Labute approximate surface area is 143 Å². The van der Waals surface area contributed by atoms with E-state index in [1.165, 1.54) is 5.56 Å². The molecule has 0 aliphatic heterocycles. The molecule has 2 aromatic carbocycles. The average molecular weight is 327 g/mol. The van der Waals surface area contributed by atoms with Gasteiger partial charge in [-0.1, -0.05) is 35.4 Å². The molecule has 0 fully saturated rings. The molecule has 0 aliphatic rings. The second kappa shape index (κ2) is 8.39. The number of nitrogens with one attached hydrogen (secondary N) is 1. The largest absolute Gasteiger partial charge is 0.491 e. The highest BCUT2D eigenvalue weighted by atomic mass is 16.5. The van der Waals surface area contributed by atoms with Crippen molar-refractivity contribution in [3.63, 3.8) is 0 Å². The maximum Gasteiger partial charge on any atom is 0.261 e. The minimum atomic E-state index is -0.561. The minimum Gasteiger partial charge on any atom is -0.491 e. The highest BCUT2D eigenvalue weighted by Gasteiger charge is 2.17. The van der Waals surface area contributed by atoms with Crippen LogP contribution in [0.1, 0.15) is 25.0 Å². The van der Waals surface area contributed by atoms with Crippen LogP contribution in [0.4, 0.5) is 0 Å². The summed E-state index contributed by atoms with van der Waals surface area (Å²) < 4.78 is 11.3. The molecule has 0 spiro atoms. The number of benzene rings is 2. The monoisotopic (exact) mass is 327 g/mol. The van der Waals surface area contributed by atoms with E-state index in [-0.39, 0.29) is 11.9 Å². The molecule has 2 atom stereocenters. The molecule has 0 aliphatic carbocycles. The van der Waals surface area contributed by atoms with Crippen LogP contribution >= 0.6 is 0 Å². The lowest BCUT2D eigenvalue weighted by atomic mass is 10.2. The Bertz CT molecular complexity index is 650. The molecule has 1 amide bonds. The summed E-state index contributed by atoms with van der Waals surface area (Å²) >= 11 is 0. The molecule has 0 saturated heterocycles. The summed E-state index contributed by atoms with van der Waals surface area (Å²) in [5, 5.41) is 2.90. The van der Waals surface area contributed by atoms with Gasteiger partial charge in [0.25, 0.3) is 5.91 Å². The van der Waals surface area contributed by atoms with Crippen molar-refractivity contribution in [2.24, 2.45) is 0 Å². The number of carbonyl (C=O) groups excluding carboxylic acids is 1. The molecule has 0 radical (unpaired) electrons. The van der Waals surface area contributed by atoms with Crippen molar-refractivity contribution >= 4 is 5.91 Å². The van der Waals surface area contributed by atoms with Gasteiger partial charge < -0.3 is 14.8 Å². The van der Waals surface area contributed by atoms with E-state index in [1.54, 1.807) is 6.92 Å². The van der Waals surface area contributed by atoms with Crippen molar-refractivity contribution in [3.05, 3.63) is 59.7 Å². The third kappa shape index (κ3) is 5.61. The Hall–Kier alpha value is -2.49. The van der Waals surface area contributed by atoms with Gasteiger partial charge in [0, 0.05) is 0 Å². The SMILES string of the molecule is Cc1ccc(OC[C@H](C)NC(=O)[C@H](C)Oc2ccc(C)cc2)cc1. The molecule has 2 aromatic rings. The van der Waals surface area contributed by atoms with Gasteiger partial charge >= 0.3 is 0 Å². The first-order valence-electron chi connectivity index (χ1n) is 8.17. The first-order valence-corrected chi connectivity index (χ1v) is 8.17. The van der Waals surface area contributed by atoms with Crippen molar-refractivity contribution in [1.82, 2.24) is 5.32 Å². The Morgan fingerprint density at radius 1 is 0.917 bits per heavy atom. The average Bonchev–Trinajstić information content (AvgIpc) is 2.56. The van der Waals surface area contributed by atoms with E-state index in [0.29, 0.717) is 12.4 Å². The van der Waals surface area contributed by atoms with Crippen molar-refractivity contribution in [1.29, 1.82) is 0 Å². The molecular formula is C20H25NO3. The Balaban J connectivity index is 1.77. The number of amides is 1. The zero-order chi connectivity index (χ0) is 17.5. The van der Waals surface area contributed by atoms with Crippen LogP contribution in [0.25, 0.3) is 0 Å². The summed E-state index contributed by atoms with van der Waals surface area (Å²) in [5.41, 5.74) is 2.34. The molecule has 24 heavy (non-hydrogen) atoms. The highest BCUT2D eigenvalue weighted by Crippen LogP contribution is 2.14. The predicted molar refractivity (Wildman–Crippen MR) is 95.5 cm³/mol. The van der Waals surface area contributed by atoms with Gasteiger partial charge in [0.05, 0.1) is 6.04 Å². The van der Waals surface area contributed by atoms with Crippen LogP contribution in [0.2, 0.25) is 0 Å². The van der Waals surface area contributed by atoms with E-state index < -0.39 is 6.10 Å². The summed E-state index contributed by atoms with van der Waals surface area (Å²) in [6.45, 7) is 8.09. The molecule has 0 heterocycles. The van der Waals surface area contributed by atoms with Crippen LogP contribution in [-0.4, -0.2) is 24.7 Å². The number of rotatable bonds is 7. The number of ether oxygens (including phenoxy) is 2. The van der Waals surface area contributed by atoms with Crippen molar-refractivity contribution < 1.29 is 14.3 Å². The lowest BCUT2D eigenvalue weighted by molar-refractivity contribution is -0.128. The van der Waals surface area contributed by atoms with Gasteiger partial charge in [-0.3, -0.25) is 4.79 Å². The minimum absolute atomic E-state index is 0.108. The number of hydrogen-bond acceptors (Lipinski definition) is 3. The van der Waals surface area contributed by atoms with E-state index >= 15 is 0 Å². The fraction of sp³-hybridized carbons (Fsp3) is 0.350. The highest BCUT2D eigenvalue weighted by molar-refractivity contribution is 5.81. The molecule has 0 unspecified atom stereocenters. The van der Waals surface area contributed by atoms with Crippen LogP contribution in [-0.2, 0) is 4.79 Å². The first kappa shape index (κ1) is 17.9. The summed E-state index contributed by atoms with van der Waals surface area (Å²) in [5.74, 6) is 1.33. The molecule has 0 aromatic heterocycles. The van der Waals surface area contributed by atoms with Gasteiger partial charge in [-0.15, -0.1) is 0 Å². The molecule has 0 saturated carbocycles. The van der Waals surface area contributed by atoms with Crippen LogP contribution < -0.4 is 14.8 Å². The van der Waals surface area contributed by atoms with E-state index in [4.69, 9.17) is 9.47 Å².